The van der Waals surface area contributed by atoms with Crippen molar-refractivity contribution in [2.45, 2.75) is 61.9 Å². The number of benzene rings is 3. The topological polar surface area (TPSA) is 288 Å². The van der Waals surface area contributed by atoms with Crippen LogP contribution in [0.3, 0.4) is 0 Å². The van der Waals surface area contributed by atoms with Gasteiger partial charge < -0.3 is 64.5 Å². The Morgan fingerprint density at radius 3 is 2.50 bits per heavy atom. The van der Waals surface area contributed by atoms with Gasteiger partial charge in [0.2, 0.25) is 12.0 Å². The van der Waals surface area contributed by atoms with Crippen molar-refractivity contribution in [2.75, 3.05) is 13.2 Å². The summed E-state index contributed by atoms with van der Waals surface area (Å²) in [6.45, 7) is 1.54. The fourth-order valence-electron chi connectivity index (χ4n) is 7.75. The van der Waals surface area contributed by atoms with Gasteiger partial charge in [-0.25, -0.2) is 9.79 Å². The van der Waals surface area contributed by atoms with Gasteiger partial charge in [0.1, 0.15) is 65.9 Å². The van der Waals surface area contributed by atoms with E-state index in [0.29, 0.717) is 29.0 Å². The Hall–Kier alpha value is -6.57. The average Bonchev–Trinajstić information content (AvgIpc) is 3.92. The number of nitrogens with zero attached hydrogens (tertiary/aromatic N) is 3. The second-order valence-electron chi connectivity index (χ2n) is 14.8. The highest BCUT2D eigenvalue weighted by molar-refractivity contribution is 6.14. The van der Waals surface area contributed by atoms with E-state index in [2.05, 4.69) is 15.0 Å². The van der Waals surface area contributed by atoms with Crippen molar-refractivity contribution in [3.63, 3.8) is 0 Å². The van der Waals surface area contributed by atoms with Crippen LogP contribution in [0.15, 0.2) is 93.9 Å². The standard InChI is InChI=1S/C42H40N4O14/c1-2-20-11-21(13-23(47)12-20)17-57-36-32(59-40-41(54)10-9-25(27-16-44-19-45-27)42(55,39(41)53)37(60-40)38(51)52)15-31-34(35(36)50)28(48)14-30(58-31)22-3-5-24(6-4-22)56-18-29(49)26-7-8-33(43)46-26/h3-15,19,25,29-30,37,39-40,43,47-50,53-55H,2,16-18H2,1H3,(H,51,52)/p+1/t25-,29+,30?,37-,39+,40-,41-,42-/m1/s1. The van der Waals surface area contributed by atoms with Gasteiger partial charge in [-0.3, -0.25) is 10.4 Å². The van der Waals surface area contributed by atoms with E-state index < -0.39 is 71.1 Å². The van der Waals surface area contributed by atoms with Gasteiger partial charge in [0.25, 0.3) is 0 Å². The van der Waals surface area contributed by atoms with Crippen LogP contribution in [0.4, 0.5) is 0 Å². The molecule has 4 heterocycles. The minimum atomic E-state index is -2.63. The first-order chi connectivity index (χ1) is 28.7. The van der Waals surface area contributed by atoms with Gasteiger partial charge >= 0.3 is 11.8 Å². The quantitative estimate of drug-likeness (QED) is 0.108. The summed E-state index contributed by atoms with van der Waals surface area (Å²) in [6.07, 6.45) is 0.307. The Balaban J connectivity index is 1.12. The predicted molar refractivity (Wildman–Crippen MR) is 212 cm³/mol. The van der Waals surface area contributed by atoms with E-state index >= 15 is 0 Å². The SMILES string of the molecule is CCc1cc(O)cc(COc2c(O[C@@H]3O[C@H](C(=O)O)[C@]4(O)[C@@H](C5=NC=NC5)C=C[C@@]3(O)[C@@H]4O)cc3c(c2O)C(O)=CC(c2ccc(OC[C@H](O)C4=NC(=[NH2+])C=C4)cc2)O3)c1. The summed E-state index contributed by atoms with van der Waals surface area (Å²) < 4.78 is 29.9. The number of hydrogen-bond acceptors (Lipinski definition) is 15. The Labute approximate surface area is 341 Å². The third-order valence-corrected chi connectivity index (χ3v) is 10.8. The second-order valence-corrected chi connectivity index (χ2v) is 14.8. The number of carbonyl (C=O) groups is 1. The molecule has 5 aliphatic rings. The van der Waals surface area contributed by atoms with Crippen molar-refractivity contribution >= 4 is 35.3 Å². The van der Waals surface area contributed by atoms with Gasteiger partial charge in [-0.2, -0.15) is 0 Å². The molecule has 3 aromatic rings. The zero-order valence-corrected chi connectivity index (χ0v) is 31.8. The van der Waals surface area contributed by atoms with Gasteiger partial charge in [-0.05, 0) is 64.5 Å². The lowest BCUT2D eigenvalue weighted by molar-refractivity contribution is -0.337. The number of aliphatic hydroxyl groups is 5. The fraction of sp³-hybridized carbons (Fsp3) is 0.310. The van der Waals surface area contributed by atoms with Crippen LogP contribution >= 0.6 is 0 Å². The lowest BCUT2D eigenvalue weighted by Crippen LogP contribution is -2.78. The number of aliphatic imine (C=N–C) groups is 3. The number of hydrogen-bond donors (Lipinski definition) is 9. The molecule has 2 bridgehead atoms. The van der Waals surface area contributed by atoms with E-state index in [1.54, 1.807) is 48.6 Å². The number of ether oxygens (including phenoxy) is 5. The maximum atomic E-state index is 12.7. The number of carboxylic acid groups (broad SMARTS) is 1. The van der Waals surface area contributed by atoms with Crippen molar-refractivity contribution in [1.29, 1.82) is 0 Å². The number of nitrogens with two attached hydrogens (primary N) is 1. The monoisotopic (exact) mass is 825 g/mol. The van der Waals surface area contributed by atoms with E-state index in [4.69, 9.17) is 29.1 Å². The number of aromatic hydroxyl groups is 2. The maximum absolute atomic E-state index is 12.7. The molecular formula is C42H41N4O14+. The summed E-state index contributed by atoms with van der Waals surface area (Å²) in [5.74, 6) is -4.28. The van der Waals surface area contributed by atoms with Gasteiger partial charge in [0.05, 0.1) is 18.2 Å². The molecule has 1 unspecified atom stereocenters. The first-order valence-electron chi connectivity index (χ1n) is 18.8. The van der Waals surface area contributed by atoms with Crippen LogP contribution in [0.5, 0.6) is 34.5 Å². The molecule has 3 aromatic carbocycles. The zero-order valence-electron chi connectivity index (χ0n) is 31.8. The number of phenols is 2. The molecule has 1 fully saturated rings. The largest absolute Gasteiger partial charge is 0.508 e. The van der Waals surface area contributed by atoms with Crippen LogP contribution in [0.1, 0.15) is 35.3 Å². The molecule has 1 saturated heterocycles. The van der Waals surface area contributed by atoms with Crippen molar-refractivity contribution in [1.82, 2.24) is 0 Å². The van der Waals surface area contributed by atoms with Crippen LogP contribution < -0.4 is 24.4 Å². The summed E-state index contributed by atoms with van der Waals surface area (Å²) >= 11 is 0. The molecule has 60 heavy (non-hydrogen) atoms. The number of carboxylic acids is 1. The third-order valence-electron chi connectivity index (χ3n) is 10.8. The molecule has 0 amide bonds. The van der Waals surface area contributed by atoms with Gasteiger partial charge in [0.15, 0.2) is 35.0 Å². The average molecular weight is 826 g/mol. The third kappa shape index (κ3) is 7.13. The van der Waals surface area contributed by atoms with Crippen LogP contribution in [0, 0.1) is 5.92 Å². The lowest BCUT2D eigenvalue weighted by Gasteiger charge is -2.55. The highest BCUT2D eigenvalue weighted by Gasteiger charge is 2.69. The summed E-state index contributed by atoms with van der Waals surface area (Å²) in [5, 5.41) is 95.2. The predicted octanol–water partition coefficient (Wildman–Crippen LogP) is 0.860. The Morgan fingerprint density at radius 1 is 1.05 bits per heavy atom. The number of rotatable bonds is 13. The molecule has 8 atom stereocenters. The zero-order chi connectivity index (χ0) is 42.5. The lowest BCUT2D eigenvalue weighted by atomic mass is 9.64. The van der Waals surface area contributed by atoms with Gasteiger partial charge in [-0.15, -0.1) is 0 Å². The molecule has 4 aliphatic heterocycles. The second kappa shape index (κ2) is 15.6. The first kappa shape index (κ1) is 40.2. The number of aliphatic carboxylic acids is 1. The molecule has 18 heteroatoms. The number of aryl methyl sites for hydroxylation is 1. The number of phenolic OH excluding ortho intramolecular Hbond substituents is 2. The van der Waals surface area contributed by atoms with Crippen molar-refractivity contribution in [3.05, 3.63) is 101 Å². The summed E-state index contributed by atoms with van der Waals surface area (Å²) in [4.78, 5) is 24.8. The van der Waals surface area contributed by atoms with Crippen LogP contribution in [0.2, 0.25) is 0 Å². The van der Waals surface area contributed by atoms with Crippen molar-refractivity contribution in [3.8, 4) is 34.5 Å². The molecule has 1 aliphatic carbocycles. The van der Waals surface area contributed by atoms with Crippen molar-refractivity contribution in [2.24, 2.45) is 20.9 Å². The van der Waals surface area contributed by atoms with Crippen molar-refractivity contribution < 1.29 is 74.7 Å². The van der Waals surface area contributed by atoms with Crippen LogP contribution in [-0.4, -0.2) is 119 Å². The molecule has 18 nitrogen and oxygen atoms in total. The molecule has 0 spiro atoms. The minimum Gasteiger partial charge on any atom is -0.508 e. The maximum Gasteiger partial charge on any atom is 0.336 e. The molecular weight excluding hydrogens is 784 g/mol. The summed E-state index contributed by atoms with van der Waals surface area (Å²) in [5.41, 5.74) is -3.02. The highest BCUT2D eigenvalue weighted by atomic mass is 16.7. The first-order valence-corrected chi connectivity index (χ1v) is 18.8. The number of amidine groups is 1. The van der Waals surface area contributed by atoms with Crippen LogP contribution in [-0.2, 0) is 22.6 Å². The minimum absolute atomic E-state index is 0.0108. The molecule has 8 rings (SSSR count). The summed E-state index contributed by atoms with van der Waals surface area (Å²) in [7, 11) is 0. The molecule has 312 valence electrons. The normalized spacial score (nSPS) is 28.0. The molecule has 0 aromatic heterocycles. The Kier molecular flexibility index (Phi) is 10.4. The fourth-order valence-corrected chi connectivity index (χ4v) is 7.75. The van der Waals surface area contributed by atoms with E-state index in [1.165, 1.54) is 30.6 Å². The molecule has 10 N–H and O–H groups in total. The Morgan fingerprint density at radius 2 is 1.82 bits per heavy atom. The Bertz CT molecular complexity index is 2430. The number of aliphatic hydroxyl groups excluding tert-OH is 3. The van der Waals surface area contributed by atoms with E-state index in [9.17, 15) is 45.6 Å². The summed E-state index contributed by atoms with van der Waals surface area (Å²) in [6, 6.07) is 12.6. The van der Waals surface area contributed by atoms with E-state index in [1.807, 2.05) is 6.92 Å². The van der Waals surface area contributed by atoms with Gasteiger partial charge in [-0.1, -0.05) is 31.2 Å². The molecule has 0 saturated carbocycles. The molecule has 0 radical (unpaired) electrons. The van der Waals surface area contributed by atoms with Crippen LogP contribution in [0.25, 0.3) is 5.76 Å². The smallest absolute Gasteiger partial charge is 0.336 e. The number of fused-ring (bicyclic) bond motifs is 3. The van der Waals surface area contributed by atoms with E-state index in [-0.39, 0.29) is 54.1 Å². The van der Waals surface area contributed by atoms with Gasteiger partial charge in [0, 0.05) is 18.2 Å². The van der Waals surface area contributed by atoms with E-state index in [0.717, 1.165) is 11.6 Å². The highest BCUT2D eigenvalue weighted by Crippen LogP contribution is 2.53.